The van der Waals surface area contributed by atoms with Gasteiger partial charge >= 0.3 is 0 Å². The molecule has 0 bridgehead atoms. The van der Waals surface area contributed by atoms with Crippen LogP contribution in [0, 0.1) is 11.8 Å². The molecule has 100 valence electrons. The van der Waals surface area contributed by atoms with E-state index in [0.29, 0.717) is 5.92 Å². The molecule has 1 N–H and O–H groups in total. The molecule has 0 atom stereocenters. The molecule has 1 aliphatic rings. The normalized spacial score (nSPS) is 15.1. The van der Waals surface area contributed by atoms with Crippen LogP contribution in [0.5, 0.6) is 5.88 Å². The summed E-state index contributed by atoms with van der Waals surface area (Å²) in [4.78, 5) is 4.37. The van der Waals surface area contributed by atoms with Gasteiger partial charge in [0.15, 0.2) is 0 Å². The third-order valence-corrected chi connectivity index (χ3v) is 3.35. The molecular formula is C14H21BrN2O. The van der Waals surface area contributed by atoms with Gasteiger partial charge in [-0.1, -0.05) is 13.8 Å². The number of rotatable bonds is 7. The van der Waals surface area contributed by atoms with Crippen LogP contribution in [0.2, 0.25) is 0 Å². The van der Waals surface area contributed by atoms with Crippen LogP contribution < -0.4 is 10.1 Å². The minimum atomic E-state index is 0.654. The maximum absolute atomic E-state index is 5.80. The summed E-state index contributed by atoms with van der Waals surface area (Å²) in [5.41, 5.74) is 1.13. The lowest BCUT2D eigenvalue weighted by molar-refractivity contribution is 0.284. The zero-order valence-corrected chi connectivity index (χ0v) is 12.7. The Bertz CT molecular complexity index is 391. The fourth-order valence-corrected chi connectivity index (χ4v) is 2.08. The summed E-state index contributed by atoms with van der Waals surface area (Å²) in [6, 6.07) is 2.09. The van der Waals surface area contributed by atoms with E-state index in [9.17, 15) is 0 Å². The van der Waals surface area contributed by atoms with Crippen LogP contribution in [0.25, 0.3) is 0 Å². The van der Waals surface area contributed by atoms with Crippen LogP contribution in [0.4, 0.5) is 0 Å². The van der Waals surface area contributed by atoms with Crippen LogP contribution in [0.1, 0.15) is 32.3 Å². The smallest absolute Gasteiger partial charge is 0.217 e. The third-order valence-electron chi connectivity index (χ3n) is 2.91. The highest BCUT2D eigenvalue weighted by atomic mass is 79.9. The van der Waals surface area contributed by atoms with Gasteiger partial charge in [-0.05, 0) is 53.2 Å². The Hall–Kier alpha value is -0.610. The molecule has 0 spiro atoms. The third kappa shape index (κ3) is 4.58. The fourth-order valence-electron chi connectivity index (χ4n) is 1.70. The zero-order chi connectivity index (χ0) is 13.0. The number of pyridine rings is 1. The lowest BCUT2D eigenvalue weighted by Gasteiger charge is -2.12. The van der Waals surface area contributed by atoms with Gasteiger partial charge < -0.3 is 10.1 Å². The second kappa shape index (κ2) is 6.53. The highest BCUT2D eigenvalue weighted by molar-refractivity contribution is 9.10. The molecule has 0 saturated heterocycles. The molecule has 1 heterocycles. The van der Waals surface area contributed by atoms with Gasteiger partial charge in [0.25, 0.3) is 0 Å². The van der Waals surface area contributed by atoms with Crippen molar-refractivity contribution in [3.05, 3.63) is 22.3 Å². The molecule has 4 heteroatoms. The van der Waals surface area contributed by atoms with E-state index in [0.717, 1.165) is 41.5 Å². The highest BCUT2D eigenvalue weighted by Crippen LogP contribution is 2.30. The summed E-state index contributed by atoms with van der Waals surface area (Å²) >= 11 is 3.46. The van der Waals surface area contributed by atoms with E-state index >= 15 is 0 Å². The second-order valence-electron chi connectivity index (χ2n) is 5.40. The van der Waals surface area contributed by atoms with Crippen molar-refractivity contribution in [1.29, 1.82) is 0 Å². The van der Waals surface area contributed by atoms with Gasteiger partial charge in [-0.3, -0.25) is 0 Å². The van der Waals surface area contributed by atoms with Gasteiger partial charge in [-0.25, -0.2) is 4.98 Å². The SMILES string of the molecule is CC(C)CNCc1cc(Br)cnc1OCC1CC1. The minimum absolute atomic E-state index is 0.654. The predicted octanol–water partition coefficient (Wildman–Crippen LogP) is 3.38. The van der Waals surface area contributed by atoms with E-state index in [1.807, 2.05) is 0 Å². The Kier molecular flexibility index (Phi) is 5.01. The van der Waals surface area contributed by atoms with Crippen LogP contribution in [-0.2, 0) is 6.54 Å². The largest absolute Gasteiger partial charge is 0.477 e. The van der Waals surface area contributed by atoms with Gasteiger partial charge in [0.1, 0.15) is 0 Å². The average Bonchev–Trinajstić information content (AvgIpc) is 3.11. The standard InChI is InChI=1S/C14H21BrN2O/c1-10(2)6-16-7-12-5-13(15)8-17-14(12)18-9-11-3-4-11/h5,8,10-11,16H,3-4,6-7,9H2,1-2H3. The Labute approximate surface area is 117 Å². The van der Waals surface area contributed by atoms with Gasteiger partial charge in [-0.2, -0.15) is 0 Å². The molecule has 18 heavy (non-hydrogen) atoms. The van der Waals surface area contributed by atoms with E-state index in [2.05, 4.69) is 46.1 Å². The number of hydrogen-bond acceptors (Lipinski definition) is 3. The number of nitrogens with one attached hydrogen (secondary N) is 1. The number of halogens is 1. The molecule has 0 amide bonds. The van der Waals surface area contributed by atoms with Crippen molar-refractivity contribution in [2.75, 3.05) is 13.2 Å². The van der Waals surface area contributed by atoms with Gasteiger partial charge in [-0.15, -0.1) is 0 Å². The lowest BCUT2D eigenvalue weighted by atomic mass is 10.2. The van der Waals surface area contributed by atoms with Crippen molar-refractivity contribution in [2.24, 2.45) is 11.8 Å². The Morgan fingerprint density at radius 1 is 1.50 bits per heavy atom. The number of ether oxygens (including phenoxy) is 1. The van der Waals surface area contributed by atoms with Crippen LogP contribution in [0.3, 0.4) is 0 Å². The predicted molar refractivity (Wildman–Crippen MR) is 76.7 cm³/mol. The maximum Gasteiger partial charge on any atom is 0.217 e. The summed E-state index contributed by atoms with van der Waals surface area (Å²) < 4.78 is 6.80. The summed E-state index contributed by atoms with van der Waals surface area (Å²) in [5, 5.41) is 3.43. The van der Waals surface area contributed by atoms with E-state index in [-0.39, 0.29) is 0 Å². The molecule has 0 unspecified atom stereocenters. The molecule has 1 fully saturated rings. The first-order valence-electron chi connectivity index (χ1n) is 6.63. The monoisotopic (exact) mass is 312 g/mol. The first-order valence-corrected chi connectivity index (χ1v) is 7.42. The number of aromatic nitrogens is 1. The summed E-state index contributed by atoms with van der Waals surface area (Å²) in [6.07, 6.45) is 4.41. The first-order chi connectivity index (χ1) is 8.65. The van der Waals surface area contributed by atoms with Gasteiger partial charge in [0, 0.05) is 22.8 Å². The Morgan fingerprint density at radius 2 is 2.28 bits per heavy atom. The molecule has 2 rings (SSSR count). The molecule has 3 nitrogen and oxygen atoms in total. The quantitative estimate of drug-likeness (QED) is 0.838. The fraction of sp³-hybridized carbons (Fsp3) is 0.643. The topological polar surface area (TPSA) is 34.2 Å². The number of nitrogens with zero attached hydrogens (tertiary/aromatic N) is 1. The van der Waals surface area contributed by atoms with E-state index in [4.69, 9.17) is 4.74 Å². The van der Waals surface area contributed by atoms with Crippen LogP contribution in [0.15, 0.2) is 16.7 Å². The lowest BCUT2D eigenvalue weighted by Crippen LogP contribution is -2.19. The Balaban J connectivity index is 1.93. The molecule has 1 saturated carbocycles. The van der Waals surface area contributed by atoms with E-state index in [1.54, 1.807) is 6.20 Å². The summed E-state index contributed by atoms with van der Waals surface area (Å²) in [5.74, 6) is 2.19. The second-order valence-corrected chi connectivity index (χ2v) is 6.31. The summed E-state index contributed by atoms with van der Waals surface area (Å²) in [7, 11) is 0. The zero-order valence-electron chi connectivity index (χ0n) is 11.1. The Morgan fingerprint density at radius 3 is 2.94 bits per heavy atom. The molecule has 1 aromatic rings. The minimum Gasteiger partial charge on any atom is -0.477 e. The molecule has 1 aromatic heterocycles. The van der Waals surface area contributed by atoms with Crippen LogP contribution >= 0.6 is 15.9 Å². The molecule has 1 aliphatic carbocycles. The van der Waals surface area contributed by atoms with Gasteiger partial charge in [0.2, 0.25) is 5.88 Å². The van der Waals surface area contributed by atoms with Crippen LogP contribution in [-0.4, -0.2) is 18.1 Å². The van der Waals surface area contributed by atoms with E-state index < -0.39 is 0 Å². The van der Waals surface area contributed by atoms with Crippen molar-refractivity contribution < 1.29 is 4.74 Å². The highest BCUT2D eigenvalue weighted by Gasteiger charge is 2.22. The molecule has 0 radical (unpaired) electrons. The van der Waals surface area contributed by atoms with Crippen molar-refractivity contribution in [1.82, 2.24) is 10.3 Å². The molecular weight excluding hydrogens is 292 g/mol. The van der Waals surface area contributed by atoms with E-state index in [1.165, 1.54) is 12.8 Å². The van der Waals surface area contributed by atoms with Crippen molar-refractivity contribution in [3.8, 4) is 5.88 Å². The molecule has 0 aliphatic heterocycles. The first kappa shape index (κ1) is 13.8. The average molecular weight is 313 g/mol. The van der Waals surface area contributed by atoms with Gasteiger partial charge in [0.05, 0.1) is 6.61 Å². The maximum atomic E-state index is 5.80. The molecule has 0 aromatic carbocycles. The summed E-state index contributed by atoms with van der Waals surface area (Å²) in [6.45, 7) is 7.04. The van der Waals surface area contributed by atoms with Crippen molar-refractivity contribution in [2.45, 2.75) is 33.2 Å². The number of hydrogen-bond donors (Lipinski definition) is 1. The van der Waals surface area contributed by atoms with Crippen molar-refractivity contribution >= 4 is 15.9 Å². The van der Waals surface area contributed by atoms with Crippen molar-refractivity contribution in [3.63, 3.8) is 0 Å².